The molecule has 0 bridgehead atoms. The van der Waals surface area contributed by atoms with E-state index >= 15 is 0 Å². The number of hydrogen-bond donors (Lipinski definition) is 1. The van der Waals surface area contributed by atoms with Crippen LogP contribution < -0.4 is 24.8 Å². The molecule has 1 aliphatic rings. The number of phenols is 1. The molecule has 0 radical (unpaired) electrons. The van der Waals surface area contributed by atoms with Crippen molar-refractivity contribution in [3.63, 3.8) is 0 Å². The first-order chi connectivity index (χ1) is 28.5. The van der Waals surface area contributed by atoms with Gasteiger partial charge < -0.3 is 24.2 Å². The number of benzene rings is 4. The van der Waals surface area contributed by atoms with Crippen LogP contribution in [0.25, 0.3) is 0 Å². The highest BCUT2D eigenvalue weighted by molar-refractivity contribution is 9.43. The van der Waals surface area contributed by atoms with Crippen LogP contribution in [0.1, 0.15) is 95.1 Å². The SMILES string of the molecule is C/C=C(\C)CC(C)C.CC(C)Cc1ccc(C(C)C(=O)Oc2ccc(OC(=O)CCCO[N+](=O)[O-])c(C(=O)Oc3ccc(P4(=S)SP(c5ccc(O)cc5)S4)cc3)c2)cc1. The van der Waals surface area contributed by atoms with E-state index in [1.165, 1.54) is 35.8 Å². The molecule has 60 heavy (non-hydrogen) atoms. The Kier molecular flexibility index (Phi) is 18.7. The number of rotatable bonds is 17. The summed E-state index contributed by atoms with van der Waals surface area (Å²) in [6, 6.07) is 25.8. The summed E-state index contributed by atoms with van der Waals surface area (Å²) in [4.78, 5) is 53.9. The smallest absolute Gasteiger partial charge is 0.347 e. The van der Waals surface area contributed by atoms with E-state index < -0.39 is 39.7 Å². The summed E-state index contributed by atoms with van der Waals surface area (Å²) in [6.07, 6.45) is 3.59. The predicted molar refractivity (Wildman–Crippen MR) is 247 cm³/mol. The minimum absolute atomic E-state index is 0.0123. The maximum Gasteiger partial charge on any atom is 0.347 e. The van der Waals surface area contributed by atoms with Gasteiger partial charge in [-0.3, -0.25) is 9.59 Å². The Morgan fingerprint density at radius 2 is 1.50 bits per heavy atom. The van der Waals surface area contributed by atoms with Crippen LogP contribution in [0.3, 0.4) is 0 Å². The van der Waals surface area contributed by atoms with E-state index in [0.29, 0.717) is 5.92 Å². The maximum atomic E-state index is 13.5. The summed E-state index contributed by atoms with van der Waals surface area (Å²) in [7, 11) is 0. The Balaban J connectivity index is 0.000000899. The van der Waals surface area contributed by atoms with Crippen LogP contribution in [-0.2, 0) is 32.7 Å². The Morgan fingerprint density at radius 1 is 0.867 bits per heavy atom. The first-order valence-electron chi connectivity index (χ1n) is 19.4. The summed E-state index contributed by atoms with van der Waals surface area (Å²) in [5, 5.41) is 21.1. The quantitative estimate of drug-likeness (QED) is 0.0204. The topological polar surface area (TPSA) is 151 Å². The maximum absolute atomic E-state index is 13.5. The second-order valence-corrected chi connectivity index (χ2v) is 31.5. The van der Waals surface area contributed by atoms with Gasteiger partial charge in [-0.15, -0.1) is 10.1 Å². The van der Waals surface area contributed by atoms with Crippen molar-refractivity contribution >= 4 is 73.1 Å². The Labute approximate surface area is 365 Å². The highest BCUT2D eigenvalue weighted by atomic mass is 33.7. The molecule has 0 aliphatic carbocycles. The fraction of sp³-hybridized carbons (Fsp3) is 0.341. The molecule has 4 aromatic carbocycles. The number of carbonyl (C=O) groups is 3. The zero-order valence-corrected chi connectivity index (χ0v) is 38.9. The second-order valence-electron chi connectivity index (χ2n) is 14.8. The molecule has 4 aromatic rings. The minimum atomic E-state index is -1.95. The van der Waals surface area contributed by atoms with Crippen molar-refractivity contribution in [2.45, 2.75) is 80.1 Å². The van der Waals surface area contributed by atoms with E-state index in [2.05, 4.69) is 52.5 Å². The van der Waals surface area contributed by atoms with E-state index in [-0.39, 0.29) is 48.0 Å². The summed E-state index contributed by atoms with van der Waals surface area (Å²) in [5.41, 5.74) is 3.26. The van der Waals surface area contributed by atoms with Gasteiger partial charge in [-0.1, -0.05) is 97.4 Å². The number of aromatic hydroxyl groups is 1. The first kappa shape index (κ1) is 48.5. The average Bonchev–Trinajstić information content (AvgIpc) is 3.19. The predicted octanol–water partition coefficient (Wildman–Crippen LogP) is 11.5. The highest BCUT2D eigenvalue weighted by Gasteiger charge is 2.40. The molecule has 1 atom stereocenters. The number of hydrogen-bond acceptors (Lipinski definition) is 13. The molecule has 0 spiro atoms. The molecule has 1 N–H and O–H groups in total. The van der Waals surface area contributed by atoms with Gasteiger partial charge in [0, 0.05) is 11.7 Å². The van der Waals surface area contributed by atoms with Crippen LogP contribution in [0.2, 0.25) is 0 Å². The lowest BCUT2D eigenvalue weighted by Gasteiger charge is -2.37. The summed E-state index contributed by atoms with van der Waals surface area (Å²) in [5.74, 6) is -1.15. The van der Waals surface area contributed by atoms with Gasteiger partial charge in [0.25, 0.3) is 5.09 Å². The first-order valence-corrected chi connectivity index (χ1v) is 27.6. The molecule has 0 amide bonds. The van der Waals surface area contributed by atoms with Gasteiger partial charge in [0.2, 0.25) is 0 Å². The minimum Gasteiger partial charge on any atom is -0.508 e. The van der Waals surface area contributed by atoms with Crippen LogP contribution >= 0.6 is 32.8 Å². The summed E-state index contributed by atoms with van der Waals surface area (Å²) < 4.78 is 14.8. The van der Waals surface area contributed by atoms with Gasteiger partial charge in [-0.25, -0.2) is 4.79 Å². The van der Waals surface area contributed by atoms with Crippen molar-refractivity contribution in [2.75, 3.05) is 6.61 Å². The van der Waals surface area contributed by atoms with Crippen molar-refractivity contribution < 1.29 is 43.6 Å². The van der Waals surface area contributed by atoms with Crippen LogP contribution in [0.4, 0.5) is 0 Å². The lowest BCUT2D eigenvalue weighted by atomic mass is 9.97. The van der Waals surface area contributed by atoms with Crippen molar-refractivity contribution in [3.05, 3.63) is 129 Å². The van der Waals surface area contributed by atoms with Crippen molar-refractivity contribution in [1.82, 2.24) is 0 Å². The number of ether oxygens (including phenoxy) is 3. The van der Waals surface area contributed by atoms with Gasteiger partial charge in [0.05, 0.1) is 23.3 Å². The molecule has 16 heteroatoms. The zero-order valence-electron chi connectivity index (χ0n) is 34.7. The Morgan fingerprint density at radius 3 is 2.07 bits per heavy atom. The van der Waals surface area contributed by atoms with E-state index in [1.54, 1.807) is 53.2 Å². The molecule has 1 saturated heterocycles. The number of allylic oxidation sites excluding steroid dienone is 2. The molecular formula is C44H51NO10P2S3. The third kappa shape index (κ3) is 15.1. The third-order valence-electron chi connectivity index (χ3n) is 8.82. The fourth-order valence-corrected chi connectivity index (χ4v) is 31.6. The molecule has 1 aliphatic heterocycles. The number of carbonyl (C=O) groups excluding carboxylic acids is 3. The number of phenolic OH excluding ortho intramolecular Hbond substituents is 1. The van der Waals surface area contributed by atoms with Gasteiger partial charge in [0.15, 0.2) is 0 Å². The number of nitrogens with zero attached hydrogens (tertiary/aromatic N) is 1. The van der Waals surface area contributed by atoms with E-state index in [0.717, 1.165) is 28.5 Å². The summed E-state index contributed by atoms with van der Waals surface area (Å²) >= 11 is 9.53. The molecule has 1 fully saturated rings. The fourth-order valence-electron chi connectivity index (χ4n) is 5.69. The standard InChI is InChI=1S/C36H35NO10P2S3.C8H16/c1-23(2)21-25-6-8-26(9-7-25)24(3)35(40)46-29-14-19-33(47-34(39)5-4-20-44-37(42)43)32(22-29)36(41)45-28-12-17-31(18-13-28)49(50)51-48(52-49)30-15-10-27(38)11-16-30;1-5-8(4)6-7(2)3/h6-19,22-24,38H,4-5,20-21H2,1-3H3;5,7H,6H2,1-4H3/b;8-5+. The van der Waals surface area contributed by atoms with Gasteiger partial charge in [-0.2, -0.15) is 0 Å². The molecule has 11 nitrogen and oxygen atoms in total. The van der Waals surface area contributed by atoms with Crippen LogP contribution in [-0.4, -0.2) is 34.7 Å². The lowest BCUT2D eigenvalue weighted by molar-refractivity contribution is -0.757. The normalized spacial score (nSPS) is 16.5. The molecule has 1 heterocycles. The number of esters is 3. The molecular weight excluding hydrogens is 861 g/mol. The van der Waals surface area contributed by atoms with Crippen LogP contribution in [0, 0.1) is 22.0 Å². The average molecular weight is 912 g/mol. The van der Waals surface area contributed by atoms with Gasteiger partial charge in [0.1, 0.15) is 28.6 Å². The van der Waals surface area contributed by atoms with Gasteiger partial charge in [-0.05, 0) is 135 Å². The third-order valence-corrected chi connectivity index (χ3v) is 33.9. The van der Waals surface area contributed by atoms with Crippen LogP contribution in [0.5, 0.6) is 23.0 Å². The van der Waals surface area contributed by atoms with Crippen LogP contribution in [0.15, 0.2) is 103 Å². The Bertz CT molecular complexity index is 2170. The molecule has 0 saturated carbocycles. The van der Waals surface area contributed by atoms with E-state index in [4.69, 9.17) is 26.0 Å². The van der Waals surface area contributed by atoms with E-state index in [9.17, 15) is 29.6 Å². The van der Waals surface area contributed by atoms with Crippen molar-refractivity contribution in [3.8, 4) is 23.0 Å². The zero-order chi connectivity index (χ0) is 44.0. The van der Waals surface area contributed by atoms with Crippen molar-refractivity contribution in [1.29, 1.82) is 0 Å². The Hall–Kier alpha value is -4.19. The molecule has 0 aromatic heterocycles. The highest BCUT2D eigenvalue weighted by Crippen LogP contribution is 2.99. The molecule has 320 valence electrons. The summed E-state index contributed by atoms with van der Waals surface area (Å²) in [6.45, 7) is 14.5. The lowest BCUT2D eigenvalue weighted by Crippen LogP contribution is -2.18. The van der Waals surface area contributed by atoms with Gasteiger partial charge >= 0.3 is 17.9 Å². The van der Waals surface area contributed by atoms with E-state index in [1.807, 2.05) is 48.5 Å². The molecule has 1 unspecified atom stereocenters. The molecule has 5 rings (SSSR count). The second kappa shape index (κ2) is 23.1. The monoisotopic (exact) mass is 911 g/mol. The largest absolute Gasteiger partial charge is 0.508 e. The van der Waals surface area contributed by atoms with Crippen molar-refractivity contribution in [2.24, 2.45) is 11.8 Å².